The van der Waals surface area contributed by atoms with Crippen molar-refractivity contribution in [1.82, 2.24) is 9.78 Å². The number of amides is 1. The van der Waals surface area contributed by atoms with E-state index in [1.165, 1.54) is 0 Å². The van der Waals surface area contributed by atoms with E-state index in [0.29, 0.717) is 27.8 Å². The van der Waals surface area contributed by atoms with Gasteiger partial charge in [-0.2, -0.15) is 5.10 Å². The summed E-state index contributed by atoms with van der Waals surface area (Å²) in [5, 5.41) is 7.54. The summed E-state index contributed by atoms with van der Waals surface area (Å²) in [6, 6.07) is 14.0. The Morgan fingerprint density at radius 1 is 1.20 bits per heavy atom. The predicted octanol–water partition coefficient (Wildman–Crippen LogP) is 3.83. The van der Waals surface area contributed by atoms with E-state index in [1.54, 1.807) is 66.6 Å². The van der Waals surface area contributed by atoms with Gasteiger partial charge in [-0.3, -0.25) is 4.79 Å². The molecule has 0 unspecified atom stereocenters. The first-order chi connectivity index (χ1) is 12.1. The Balaban J connectivity index is 1.58. The smallest absolute Gasteiger partial charge is 0.255 e. The third kappa shape index (κ3) is 4.51. The summed E-state index contributed by atoms with van der Waals surface area (Å²) < 4.78 is 12.2. The van der Waals surface area contributed by atoms with Crippen LogP contribution in [0.2, 0.25) is 5.02 Å². The molecule has 25 heavy (non-hydrogen) atoms. The summed E-state index contributed by atoms with van der Waals surface area (Å²) in [4.78, 5) is 12.2. The van der Waals surface area contributed by atoms with Crippen molar-refractivity contribution >= 4 is 23.2 Å². The van der Waals surface area contributed by atoms with E-state index in [4.69, 9.17) is 21.1 Å². The largest absolute Gasteiger partial charge is 0.497 e. The highest BCUT2D eigenvalue weighted by Gasteiger charge is 2.08. The molecule has 1 heterocycles. The number of halogens is 1. The maximum atomic E-state index is 12.2. The maximum Gasteiger partial charge on any atom is 0.255 e. The molecular formula is C18H16ClN3O3. The van der Waals surface area contributed by atoms with Gasteiger partial charge in [0.2, 0.25) is 0 Å². The number of nitrogens with one attached hydrogen (secondary N) is 1. The second-order valence-electron chi connectivity index (χ2n) is 5.18. The lowest BCUT2D eigenvalue weighted by Crippen LogP contribution is -2.11. The normalized spacial score (nSPS) is 10.3. The molecule has 0 aliphatic rings. The van der Waals surface area contributed by atoms with E-state index in [0.717, 1.165) is 0 Å². The van der Waals surface area contributed by atoms with Crippen molar-refractivity contribution in [2.75, 3.05) is 12.4 Å². The van der Waals surface area contributed by atoms with E-state index in [9.17, 15) is 4.79 Å². The zero-order valence-electron chi connectivity index (χ0n) is 13.5. The number of ether oxygens (including phenoxy) is 2. The molecule has 3 rings (SSSR count). The molecule has 0 saturated heterocycles. The van der Waals surface area contributed by atoms with Crippen LogP contribution in [0, 0.1) is 0 Å². The lowest BCUT2D eigenvalue weighted by molar-refractivity contribution is 0.102. The van der Waals surface area contributed by atoms with Crippen molar-refractivity contribution in [3.8, 4) is 11.5 Å². The summed E-state index contributed by atoms with van der Waals surface area (Å²) >= 11 is 5.91. The fraction of sp³-hybridized carbons (Fsp3) is 0.111. The molecule has 128 valence electrons. The Morgan fingerprint density at radius 2 is 2.00 bits per heavy atom. The van der Waals surface area contributed by atoms with Gasteiger partial charge in [0.25, 0.3) is 5.91 Å². The van der Waals surface area contributed by atoms with Crippen molar-refractivity contribution in [2.24, 2.45) is 0 Å². The van der Waals surface area contributed by atoms with Gasteiger partial charge in [-0.05, 0) is 42.5 Å². The molecule has 1 N–H and O–H groups in total. The molecule has 2 aromatic carbocycles. The quantitative estimate of drug-likeness (QED) is 0.728. The van der Waals surface area contributed by atoms with E-state index < -0.39 is 0 Å². The van der Waals surface area contributed by atoms with Gasteiger partial charge in [-0.1, -0.05) is 17.7 Å². The van der Waals surface area contributed by atoms with E-state index in [-0.39, 0.29) is 12.6 Å². The fourth-order valence-electron chi connectivity index (χ4n) is 2.14. The standard InChI is InChI=1S/C18H16ClN3O3/c1-24-16-7-5-13(6-8-16)18(23)21-15-10-20-22(11-15)12-25-17-4-2-3-14(19)9-17/h2-11H,12H2,1H3,(H,21,23). The third-order valence-corrected chi connectivity index (χ3v) is 3.64. The average Bonchev–Trinajstić information content (AvgIpc) is 3.07. The minimum Gasteiger partial charge on any atom is -0.497 e. The number of benzene rings is 2. The number of hydrogen-bond acceptors (Lipinski definition) is 4. The Morgan fingerprint density at radius 3 is 2.72 bits per heavy atom. The zero-order valence-corrected chi connectivity index (χ0v) is 14.2. The molecule has 0 aliphatic heterocycles. The van der Waals surface area contributed by atoms with Crippen molar-refractivity contribution in [3.05, 3.63) is 71.5 Å². The van der Waals surface area contributed by atoms with E-state index >= 15 is 0 Å². The van der Waals surface area contributed by atoms with Crippen LogP contribution in [0.1, 0.15) is 10.4 Å². The first-order valence-electron chi connectivity index (χ1n) is 7.50. The van der Waals surface area contributed by atoms with Gasteiger partial charge >= 0.3 is 0 Å². The molecule has 0 atom stereocenters. The Hall–Kier alpha value is -2.99. The molecule has 0 aliphatic carbocycles. The van der Waals surface area contributed by atoms with E-state index in [2.05, 4.69) is 10.4 Å². The SMILES string of the molecule is COc1ccc(C(=O)Nc2cnn(COc3cccc(Cl)c3)c2)cc1. The highest BCUT2D eigenvalue weighted by molar-refractivity contribution is 6.30. The van der Waals surface area contributed by atoms with Gasteiger partial charge in [0.05, 0.1) is 25.2 Å². The summed E-state index contributed by atoms with van der Waals surface area (Å²) in [6.07, 6.45) is 3.24. The summed E-state index contributed by atoms with van der Waals surface area (Å²) in [6.45, 7) is 0.207. The highest BCUT2D eigenvalue weighted by Crippen LogP contribution is 2.18. The number of carbonyl (C=O) groups excluding carboxylic acids is 1. The van der Waals surface area contributed by atoms with Gasteiger partial charge in [-0.15, -0.1) is 0 Å². The Labute approximate surface area is 149 Å². The van der Waals surface area contributed by atoms with E-state index in [1.807, 2.05) is 6.07 Å². The van der Waals surface area contributed by atoms with Crippen LogP contribution >= 0.6 is 11.6 Å². The summed E-state index contributed by atoms with van der Waals surface area (Å²) in [7, 11) is 1.58. The second kappa shape index (κ2) is 7.72. The topological polar surface area (TPSA) is 65.4 Å². The summed E-state index contributed by atoms with van der Waals surface area (Å²) in [5.74, 6) is 1.12. The Bertz CT molecular complexity index is 862. The molecule has 0 saturated carbocycles. The molecule has 0 fully saturated rings. The number of nitrogens with zero attached hydrogens (tertiary/aromatic N) is 2. The minimum absolute atomic E-state index is 0.207. The lowest BCUT2D eigenvalue weighted by Gasteiger charge is -2.06. The molecule has 1 aromatic heterocycles. The van der Waals surface area contributed by atoms with Gasteiger partial charge < -0.3 is 14.8 Å². The Kier molecular flexibility index (Phi) is 5.20. The van der Waals surface area contributed by atoms with Crippen LogP contribution in [0.25, 0.3) is 0 Å². The monoisotopic (exact) mass is 357 g/mol. The predicted molar refractivity (Wildman–Crippen MR) is 95.3 cm³/mol. The zero-order chi connectivity index (χ0) is 17.6. The number of rotatable bonds is 6. The average molecular weight is 358 g/mol. The molecular weight excluding hydrogens is 342 g/mol. The van der Waals surface area contributed by atoms with Crippen LogP contribution in [0.3, 0.4) is 0 Å². The van der Waals surface area contributed by atoms with Gasteiger partial charge in [-0.25, -0.2) is 4.68 Å². The number of anilines is 1. The van der Waals surface area contributed by atoms with Crippen molar-refractivity contribution in [3.63, 3.8) is 0 Å². The second-order valence-corrected chi connectivity index (χ2v) is 5.62. The molecule has 6 nitrogen and oxygen atoms in total. The van der Waals surface area contributed by atoms with Gasteiger partial charge in [0.1, 0.15) is 11.5 Å². The number of hydrogen-bond donors (Lipinski definition) is 1. The summed E-state index contributed by atoms with van der Waals surface area (Å²) in [5.41, 5.74) is 1.11. The van der Waals surface area contributed by atoms with Gasteiger partial charge in [0, 0.05) is 10.6 Å². The minimum atomic E-state index is -0.224. The molecule has 0 bridgehead atoms. The van der Waals surface area contributed by atoms with Crippen LogP contribution in [-0.2, 0) is 6.73 Å². The molecule has 7 heteroatoms. The first kappa shape index (κ1) is 16.9. The van der Waals surface area contributed by atoms with Crippen molar-refractivity contribution in [1.29, 1.82) is 0 Å². The van der Waals surface area contributed by atoms with Crippen LogP contribution in [0.5, 0.6) is 11.5 Å². The molecule has 0 spiro atoms. The van der Waals surface area contributed by atoms with Crippen molar-refractivity contribution in [2.45, 2.75) is 6.73 Å². The number of carbonyl (C=O) groups is 1. The lowest BCUT2D eigenvalue weighted by atomic mass is 10.2. The molecule has 3 aromatic rings. The van der Waals surface area contributed by atoms with Gasteiger partial charge in [0.15, 0.2) is 6.73 Å². The van der Waals surface area contributed by atoms with Crippen LogP contribution in [0.15, 0.2) is 60.9 Å². The van der Waals surface area contributed by atoms with Crippen molar-refractivity contribution < 1.29 is 14.3 Å². The number of methoxy groups -OCH3 is 1. The maximum absolute atomic E-state index is 12.2. The first-order valence-corrected chi connectivity index (χ1v) is 7.88. The highest BCUT2D eigenvalue weighted by atomic mass is 35.5. The van der Waals surface area contributed by atoms with Crippen LogP contribution in [-0.4, -0.2) is 22.8 Å². The third-order valence-electron chi connectivity index (χ3n) is 3.40. The van der Waals surface area contributed by atoms with Crippen LogP contribution < -0.4 is 14.8 Å². The number of aromatic nitrogens is 2. The molecule has 1 amide bonds. The van der Waals surface area contributed by atoms with Crippen LogP contribution in [0.4, 0.5) is 5.69 Å². The molecule has 0 radical (unpaired) electrons. The fourth-order valence-corrected chi connectivity index (χ4v) is 2.32.